The molecule has 0 fully saturated rings. The summed E-state index contributed by atoms with van der Waals surface area (Å²) in [4.78, 5) is 11.2. The Kier molecular flexibility index (Phi) is 2.04. The summed E-state index contributed by atoms with van der Waals surface area (Å²) >= 11 is 6.08. The number of fused-ring (bicyclic) bond motifs is 1. The summed E-state index contributed by atoms with van der Waals surface area (Å²) in [5, 5.41) is 5.39. The predicted molar refractivity (Wildman–Crippen MR) is 55.7 cm³/mol. The van der Waals surface area contributed by atoms with Gasteiger partial charge in [-0.1, -0.05) is 11.6 Å². The van der Waals surface area contributed by atoms with Gasteiger partial charge < -0.3 is 0 Å². The van der Waals surface area contributed by atoms with Gasteiger partial charge in [-0.3, -0.25) is 9.48 Å². The van der Waals surface area contributed by atoms with E-state index in [4.69, 9.17) is 11.6 Å². The Labute approximate surface area is 86.3 Å². The highest BCUT2D eigenvalue weighted by molar-refractivity contribution is 6.38. The molecule has 0 aliphatic carbocycles. The van der Waals surface area contributed by atoms with E-state index in [1.54, 1.807) is 16.9 Å². The lowest BCUT2D eigenvalue weighted by Crippen LogP contribution is -1.94. The van der Waals surface area contributed by atoms with Crippen LogP contribution in [-0.4, -0.2) is 15.6 Å². The van der Waals surface area contributed by atoms with E-state index < -0.39 is 0 Å². The Balaban J connectivity index is 2.82. The minimum atomic E-state index is -0.0271. The lowest BCUT2D eigenvalue weighted by molar-refractivity contribution is 0.101. The van der Waals surface area contributed by atoms with Crippen LogP contribution in [0.2, 0.25) is 5.02 Å². The van der Waals surface area contributed by atoms with Crippen molar-refractivity contribution in [2.24, 2.45) is 7.05 Å². The molecular formula is C10H9ClN2O. The number of halogens is 1. The van der Waals surface area contributed by atoms with Crippen LogP contribution in [0.3, 0.4) is 0 Å². The Hall–Kier alpha value is -1.35. The van der Waals surface area contributed by atoms with Crippen molar-refractivity contribution in [3.63, 3.8) is 0 Å². The molecule has 0 saturated heterocycles. The van der Waals surface area contributed by atoms with Crippen LogP contribution in [0.25, 0.3) is 10.9 Å². The normalized spacial score (nSPS) is 10.8. The number of Topliss-reactive ketones (excluding diaryl/α,β-unsaturated/α-hetero) is 1. The van der Waals surface area contributed by atoms with Gasteiger partial charge in [-0.05, 0) is 19.1 Å². The molecule has 0 atom stereocenters. The zero-order valence-corrected chi connectivity index (χ0v) is 8.67. The van der Waals surface area contributed by atoms with Gasteiger partial charge in [0.15, 0.2) is 5.78 Å². The van der Waals surface area contributed by atoms with E-state index in [1.165, 1.54) is 6.92 Å². The molecule has 0 aliphatic heterocycles. The topological polar surface area (TPSA) is 34.9 Å². The van der Waals surface area contributed by atoms with Gasteiger partial charge in [0.2, 0.25) is 0 Å². The van der Waals surface area contributed by atoms with Crippen LogP contribution in [0.1, 0.15) is 17.3 Å². The number of aryl methyl sites for hydroxylation is 1. The first-order valence-electron chi connectivity index (χ1n) is 4.22. The number of rotatable bonds is 1. The predicted octanol–water partition coefficient (Wildman–Crippen LogP) is 2.43. The fourth-order valence-electron chi connectivity index (χ4n) is 1.47. The van der Waals surface area contributed by atoms with E-state index in [-0.39, 0.29) is 5.78 Å². The van der Waals surface area contributed by atoms with Crippen molar-refractivity contribution in [3.05, 3.63) is 28.9 Å². The van der Waals surface area contributed by atoms with Crippen molar-refractivity contribution >= 4 is 28.3 Å². The molecule has 14 heavy (non-hydrogen) atoms. The number of benzene rings is 1. The van der Waals surface area contributed by atoms with Gasteiger partial charge in [0.05, 0.1) is 16.7 Å². The number of ketones is 1. The molecule has 0 amide bonds. The lowest BCUT2D eigenvalue weighted by Gasteiger charge is -2.01. The molecule has 2 rings (SSSR count). The van der Waals surface area contributed by atoms with Crippen molar-refractivity contribution in [2.75, 3.05) is 0 Å². The molecule has 4 heteroatoms. The third-order valence-corrected chi connectivity index (χ3v) is 2.65. The molecule has 0 aliphatic rings. The summed E-state index contributed by atoms with van der Waals surface area (Å²) in [7, 11) is 1.84. The highest BCUT2D eigenvalue weighted by Crippen LogP contribution is 2.26. The van der Waals surface area contributed by atoms with Gasteiger partial charge in [0.1, 0.15) is 0 Å². The summed E-state index contributed by atoms with van der Waals surface area (Å²) < 4.78 is 1.73. The third-order valence-electron chi connectivity index (χ3n) is 2.24. The number of nitrogens with zero attached hydrogens (tertiary/aromatic N) is 2. The highest BCUT2D eigenvalue weighted by Gasteiger charge is 2.11. The van der Waals surface area contributed by atoms with Crippen molar-refractivity contribution in [1.82, 2.24) is 9.78 Å². The maximum atomic E-state index is 11.2. The molecule has 72 valence electrons. The average molecular weight is 209 g/mol. The molecule has 1 heterocycles. The smallest absolute Gasteiger partial charge is 0.161 e. The second-order valence-electron chi connectivity index (χ2n) is 3.18. The lowest BCUT2D eigenvalue weighted by atomic mass is 10.1. The first-order chi connectivity index (χ1) is 6.61. The standard InChI is InChI=1S/C10H9ClN2O/c1-6(14)7-3-4-9-8(10(7)11)5-12-13(9)2/h3-5H,1-2H3. The maximum absolute atomic E-state index is 11.2. The van der Waals surface area contributed by atoms with Crippen LogP contribution < -0.4 is 0 Å². The number of carbonyl (C=O) groups is 1. The van der Waals surface area contributed by atoms with Gasteiger partial charge in [0.25, 0.3) is 0 Å². The molecule has 2 aromatic rings. The molecule has 0 N–H and O–H groups in total. The summed E-state index contributed by atoms with van der Waals surface area (Å²) in [6.45, 7) is 1.50. The second kappa shape index (κ2) is 3.10. The van der Waals surface area contributed by atoms with E-state index in [1.807, 2.05) is 13.1 Å². The largest absolute Gasteiger partial charge is 0.294 e. The number of hydrogen-bond donors (Lipinski definition) is 0. The summed E-state index contributed by atoms with van der Waals surface area (Å²) in [6.07, 6.45) is 1.67. The van der Waals surface area contributed by atoms with E-state index in [2.05, 4.69) is 5.10 Å². The zero-order chi connectivity index (χ0) is 10.3. The molecule has 1 aromatic carbocycles. The quantitative estimate of drug-likeness (QED) is 0.675. The summed E-state index contributed by atoms with van der Waals surface area (Å²) in [5.74, 6) is -0.0271. The monoisotopic (exact) mass is 208 g/mol. The van der Waals surface area contributed by atoms with Crippen molar-refractivity contribution < 1.29 is 4.79 Å². The fraction of sp³-hybridized carbons (Fsp3) is 0.200. The summed E-state index contributed by atoms with van der Waals surface area (Å²) in [5.41, 5.74) is 1.48. The van der Waals surface area contributed by atoms with E-state index in [9.17, 15) is 4.79 Å². The average Bonchev–Trinajstić information content (AvgIpc) is 2.49. The van der Waals surface area contributed by atoms with Crippen LogP contribution in [0.15, 0.2) is 18.3 Å². The van der Waals surface area contributed by atoms with Crippen molar-refractivity contribution in [1.29, 1.82) is 0 Å². The van der Waals surface area contributed by atoms with Gasteiger partial charge in [-0.2, -0.15) is 5.10 Å². The van der Waals surface area contributed by atoms with Crippen LogP contribution >= 0.6 is 11.6 Å². The van der Waals surface area contributed by atoms with Crippen molar-refractivity contribution in [2.45, 2.75) is 6.92 Å². The Bertz CT molecular complexity index is 516. The minimum Gasteiger partial charge on any atom is -0.294 e. The maximum Gasteiger partial charge on any atom is 0.161 e. The zero-order valence-electron chi connectivity index (χ0n) is 7.91. The van der Waals surface area contributed by atoms with Gasteiger partial charge in [-0.15, -0.1) is 0 Å². The fourth-order valence-corrected chi connectivity index (χ4v) is 1.81. The van der Waals surface area contributed by atoms with Gasteiger partial charge in [0, 0.05) is 18.0 Å². The van der Waals surface area contributed by atoms with Crippen LogP contribution in [0.4, 0.5) is 0 Å². The highest BCUT2D eigenvalue weighted by atomic mass is 35.5. The number of hydrogen-bond acceptors (Lipinski definition) is 2. The molecule has 0 unspecified atom stereocenters. The van der Waals surface area contributed by atoms with Crippen LogP contribution in [0.5, 0.6) is 0 Å². The van der Waals surface area contributed by atoms with E-state index >= 15 is 0 Å². The number of aromatic nitrogens is 2. The van der Waals surface area contributed by atoms with Gasteiger partial charge >= 0.3 is 0 Å². The van der Waals surface area contributed by atoms with Crippen LogP contribution in [-0.2, 0) is 7.05 Å². The third kappa shape index (κ3) is 1.21. The molecule has 1 aromatic heterocycles. The SMILES string of the molecule is CC(=O)c1ccc2c(cnn2C)c1Cl. The Morgan fingerprint density at radius 1 is 1.50 bits per heavy atom. The molecule has 0 bridgehead atoms. The van der Waals surface area contributed by atoms with Gasteiger partial charge in [-0.25, -0.2) is 0 Å². The van der Waals surface area contributed by atoms with E-state index in [0.29, 0.717) is 10.6 Å². The van der Waals surface area contributed by atoms with E-state index in [0.717, 1.165) is 10.9 Å². The van der Waals surface area contributed by atoms with Crippen molar-refractivity contribution in [3.8, 4) is 0 Å². The molecule has 0 spiro atoms. The Morgan fingerprint density at radius 2 is 2.21 bits per heavy atom. The molecule has 0 saturated carbocycles. The summed E-state index contributed by atoms with van der Waals surface area (Å²) in [6, 6.07) is 3.58. The van der Waals surface area contributed by atoms with Crippen LogP contribution in [0, 0.1) is 0 Å². The second-order valence-corrected chi connectivity index (χ2v) is 3.56. The first-order valence-corrected chi connectivity index (χ1v) is 4.60. The molecule has 0 radical (unpaired) electrons. The minimum absolute atomic E-state index is 0.0271. The number of carbonyl (C=O) groups excluding carboxylic acids is 1. The first kappa shape index (κ1) is 9.21. The Morgan fingerprint density at radius 3 is 2.86 bits per heavy atom. The molecular weight excluding hydrogens is 200 g/mol. The molecule has 3 nitrogen and oxygen atoms in total.